The van der Waals surface area contributed by atoms with E-state index in [2.05, 4.69) is 10.2 Å². The Morgan fingerprint density at radius 3 is 2.67 bits per heavy atom. The number of nitrogens with zero attached hydrogens (tertiary/aromatic N) is 3. The second-order valence-corrected chi connectivity index (χ2v) is 3.24. The van der Waals surface area contributed by atoms with Gasteiger partial charge in [0.1, 0.15) is 5.82 Å². The van der Waals surface area contributed by atoms with E-state index in [1.807, 2.05) is 6.92 Å². The molecule has 1 aromatic heterocycles. The summed E-state index contributed by atoms with van der Waals surface area (Å²) in [7, 11) is 0. The molecule has 15 heavy (non-hydrogen) atoms. The average Bonchev–Trinajstić information content (AvgIpc) is 2.52. The van der Waals surface area contributed by atoms with E-state index in [-0.39, 0.29) is 11.8 Å². The van der Waals surface area contributed by atoms with E-state index in [0.717, 1.165) is 10.2 Å². The van der Waals surface area contributed by atoms with Crippen molar-refractivity contribution in [3.63, 3.8) is 0 Å². The molecule has 0 saturated heterocycles. The molecular weight excluding hydrogens is 197 g/mol. The number of aromatic nitrogens is 3. The molecule has 0 radical (unpaired) electrons. The van der Waals surface area contributed by atoms with Crippen LogP contribution in [0, 0.1) is 12.7 Å². The van der Waals surface area contributed by atoms with E-state index >= 15 is 0 Å². The number of rotatable bonds is 1. The fraction of sp³-hybridized carbons (Fsp3) is 0.111. The molecule has 0 amide bonds. The third-order valence-electron chi connectivity index (χ3n) is 2.08. The highest BCUT2D eigenvalue weighted by molar-refractivity contribution is 5.58. The van der Waals surface area contributed by atoms with Crippen LogP contribution in [0.5, 0.6) is 0 Å². The van der Waals surface area contributed by atoms with Gasteiger partial charge in [-0.2, -0.15) is 0 Å². The lowest BCUT2D eigenvalue weighted by Gasteiger charge is -2.03. The smallest absolute Gasteiger partial charge is 0.241 e. The largest absolute Gasteiger partial charge is 0.366 e. The quantitative estimate of drug-likeness (QED) is 0.674. The van der Waals surface area contributed by atoms with Gasteiger partial charge in [0.2, 0.25) is 5.95 Å². The first-order chi connectivity index (χ1) is 7.09. The number of hydrogen-bond acceptors (Lipinski definition) is 4. The average molecular weight is 207 g/mol. The number of nitrogens with two attached hydrogens (primary N) is 2. The van der Waals surface area contributed by atoms with Gasteiger partial charge in [0.25, 0.3) is 0 Å². The topological polar surface area (TPSA) is 82.8 Å². The Morgan fingerprint density at radius 2 is 2.07 bits per heavy atom. The zero-order valence-electron chi connectivity index (χ0n) is 8.11. The molecule has 78 valence electrons. The zero-order valence-corrected chi connectivity index (χ0v) is 8.11. The Hall–Kier alpha value is -2.11. The number of hydrogen-bond donors (Lipinski definition) is 2. The molecule has 2 rings (SSSR count). The molecule has 0 fully saturated rings. The SMILES string of the molecule is Cc1ccc(F)c(-c2nnc(N)n2N)c1. The Morgan fingerprint density at radius 1 is 1.33 bits per heavy atom. The molecule has 0 saturated carbocycles. The van der Waals surface area contributed by atoms with E-state index in [9.17, 15) is 4.39 Å². The van der Waals surface area contributed by atoms with Crippen LogP contribution in [0.3, 0.4) is 0 Å². The molecule has 1 heterocycles. The Bertz CT molecular complexity index is 505. The molecule has 0 atom stereocenters. The van der Waals surface area contributed by atoms with Crippen LogP contribution in [-0.4, -0.2) is 14.9 Å². The van der Waals surface area contributed by atoms with Gasteiger partial charge in [-0.25, -0.2) is 9.07 Å². The van der Waals surface area contributed by atoms with Crippen LogP contribution in [0.15, 0.2) is 18.2 Å². The Kier molecular flexibility index (Phi) is 2.03. The van der Waals surface area contributed by atoms with Crippen molar-refractivity contribution in [3.8, 4) is 11.4 Å². The van der Waals surface area contributed by atoms with Crippen LogP contribution >= 0.6 is 0 Å². The van der Waals surface area contributed by atoms with E-state index in [0.29, 0.717) is 5.56 Å². The second-order valence-electron chi connectivity index (χ2n) is 3.24. The van der Waals surface area contributed by atoms with Gasteiger partial charge in [-0.05, 0) is 19.1 Å². The van der Waals surface area contributed by atoms with Gasteiger partial charge < -0.3 is 11.6 Å². The van der Waals surface area contributed by atoms with Crippen molar-refractivity contribution in [3.05, 3.63) is 29.6 Å². The summed E-state index contributed by atoms with van der Waals surface area (Å²) in [6.45, 7) is 1.85. The molecule has 6 heteroatoms. The van der Waals surface area contributed by atoms with Crippen molar-refractivity contribution >= 4 is 5.95 Å². The first-order valence-corrected chi connectivity index (χ1v) is 4.32. The highest BCUT2D eigenvalue weighted by atomic mass is 19.1. The van der Waals surface area contributed by atoms with Crippen LogP contribution in [0.1, 0.15) is 5.56 Å². The minimum Gasteiger partial charge on any atom is -0.366 e. The first kappa shape index (κ1) is 9.45. The van der Waals surface area contributed by atoms with Crippen LogP contribution in [-0.2, 0) is 0 Å². The van der Waals surface area contributed by atoms with E-state index in [1.165, 1.54) is 6.07 Å². The summed E-state index contributed by atoms with van der Waals surface area (Å²) in [6.07, 6.45) is 0. The fourth-order valence-corrected chi connectivity index (χ4v) is 1.30. The molecule has 5 nitrogen and oxygen atoms in total. The number of benzene rings is 1. The maximum absolute atomic E-state index is 13.5. The van der Waals surface area contributed by atoms with Crippen molar-refractivity contribution < 1.29 is 4.39 Å². The van der Waals surface area contributed by atoms with Gasteiger partial charge in [0.05, 0.1) is 5.56 Å². The van der Waals surface area contributed by atoms with Gasteiger partial charge in [0.15, 0.2) is 5.82 Å². The molecular formula is C9H10FN5. The minimum absolute atomic E-state index is 0.0471. The summed E-state index contributed by atoms with van der Waals surface area (Å²) in [5.74, 6) is 5.41. The van der Waals surface area contributed by atoms with E-state index < -0.39 is 5.82 Å². The predicted octanol–water partition coefficient (Wildman–Crippen LogP) is 0.689. The van der Waals surface area contributed by atoms with Gasteiger partial charge in [-0.3, -0.25) is 0 Å². The first-order valence-electron chi connectivity index (χ1n) is 4.32. The normalized spacial score (nSPS) is 10.5. The standard InChI is InChI=1S/C9H10FN5/c1-5-2-3-7(10)6(4-5)8-13-14-9(11)15(8)12/h2-4H,12H2,1H3,(H2,11,14). The predicted molar refractivity (Wildman–Crippen MR) is 54.7 cm³/mol. The highest BCUT2D eigenvalue weighted by Crippen LogP contribution is 2.21. The van der Waals surface area contributed by atoms with Crippen molar-refractivity contribution in [2.45, 2.75) is 6.92 Å². The van der Waals surface area contributed by atoms with Gasteiger partial charge in [-0.15, -0.1) is 10.2 Å². The summed E-state index contributed by atoms with van der Waals surface area (Å²) in [4.78, 5) is 0. The summed E-state index contributed by atoms with van der Waals surface area (Å²) in [6, 6.07) is 4.66. The maximum atomic E-state index is 13.5. The lowest BCUT2D eigenvalue weighted by molar-refractivity contribution is 0.629. The number of nitrogen functional groups attached to an aromatic ring is 2. The van der Waals surface area contributed by atoms with Gasteiger partial charge in [0, 0.05) is 0 Å². The monoisotopic (exact) mass is 207 g/mol. The van der Waals surface area contributed by atoms with Crippen molar-refractivity contribution in [2.75, 3.05) is 11.6 Å². The molecule has 0 aliphatic carbocycles. The van der Waals surface area contributed by atoms with Crippen LogP contribution in [0.2, 0.25) is 0 Å². The van der Waals surface area contributed by atoms with Gasteiger partial charge >= 0.3 is 0 Å². The van der Waals surface area contributed by atoms with Gasteiger partial charge in [-0.1, -0.05) is 11.6 Å². The highest BCUT2D eigenvalue weighted by Gasteiger charge is 2.13. The third kappa shape index (κ3) is 1.50. The van der Waals surface area contributed by atoms with E-state index in [1.54, 1.807) is 12.1 Å². The molecule has 0 unspecified atom stereocenters. The molecule has 2 aromatic rings. The summed E-state index contributed by atoms with van der Waals surface area (Å²) in [5.41, 5.74) is 6.61. The number of halogens is 1. The maximum Gasteiger partial charge on any atom is 0.241 e. The number of aryl methyl sites for hydroxylation is 1. The molecule has 4 N–H and O–H groups in total. The van der Waals surface area contributed by atoms with E-state index in [4.69, 9.17) is 11.6 Å². The van der Waals surface area contributed by atoms with Crippen molar-refractivity contribution in [1.29, 1.82) is 0 Å². The number of anilines is 1. The molecule has 0 aliphatic heterocycles. The molecule has 1 aromatic carbocycles. The molecule has 0 bridgehead atoms. The molecule has 0 aliphatic rings. The summed E-state index contributed by atoms with van der Waals surface area (Å²) < 4.78 is 14.5. The van der Waals surface area contributed by atoms with Crippen molar-refractivity contribution in [2.24, 2.45) is 0 Å². The molecule has 0 spiro atoms. The van der Waals surface area contributed by atoms with Crippen LogP contribution < -0.4 is 11.6 Å². The Balaban J connectivity index is 2.63. The Labute approximate surface area is 85.5 Å². The minimum atomic E-state index is -0.403. The second kappa shape index (κ2) is 3.23. The summed E-state index contributed by atoms with van der Waals surface area (Å²) >= 11 is 0. The van der Waals surface area contributed by atoms with Crippen LogP contribution in [0.4, 0.5) is 10.3 Å². The third-order valence-corrected chi connectivity index (χ3v) is 2.08. The van der Waals surface area contributed by atoms with Crippen LogP contribution in [0.25, 0.3) is 11.4 Å². The lowest BCUT2D eigenvalue weighted by atomic mass is 10.1. The fourth-order valence-electron chi connectivity index (χ4n) is 1.30. The summed E-state index contributed by atoms with van der Waals surface area (Å²) in [5, 5.41) is 7.27. The van der Waals surface area contributed by atoms with Crippen molar-refractivity contribution in [1.82, 2.24) is 14.9 Å². The lowest BCUT2D eigenvalue weighted by Crippen LogP contribution is -2.13. The zero-order chi connectivity index (χ0) is 11.0.